The van der Waals surface area contributed by atoms with E-state index in [-0.39, 0.29) is 11.3 Å². The molecule has 0 unspecified atom stereocenters. The second-order valence-corrected chi connectivity index (χ2v) is 8.99. The van der Waals surface area contributed by atoms with Crippen LogP contribution in [0.5, 0.6) is 0 Å². The SMILES string of the molecule is CCN1CCCN(c2ccc(Nc3nc(N4CCCCCC4)nc(C=N)c3C(N)=O)cc2)CC1. The van der Waals surface area contributed by atoms with Gasteiger partial charge in [-0.1, -0.05) is 19.8 Å². The highest BCUT2D eigenvalue weighted by Crippen LogP contribution is 2.27. The maximum atomic E-state index is 12.3. The fourth-order valence-electron chi connectivity index (χ4n) is 4.75. The van der Waals surface area contributed by atoms with Gasteiger partial charge in [0.2, 0.25) is 5.95 Å². The van der Waals surface area contributed by atoms with Crippen LogP contribution in [0.15, 0.2) is 24.3 Å². The molecule has 0 saturated carbocycles. The first-order chi connectivity index (χ1) is 16.6. The number of nitrogens with two attached hydrogens (primary N) is 1. The van der Waals surface area contributed by atoms with Crippen molar-refractivity contribution in [3.05, 3.63) is 35.5 Å². The van der Waals surface area contributed by atoms with Gasteiger partial charge >= 0.3 is 0 Å². The Hall–Kier alpha value is -3.20. The van der Waals surface area contributed by atoms with Crippen molar-refractivity contribution in [3.8, 4) is 0 Å². The number of nitrogens with zero attached hydrogens (tertiary/aromatic N) is 5. The number of hydrogen-bond acceptors (Lipinski definition) is 8. The Bertz CT molecular complexity index is 985. The monoisotopic (exact) mass is 464 g/mol. The molecule has 2 saturated heterocycles. The average molecular weight is 465 g/mol. The average Bonchev–Trinajstić information content (AvgIpc) is 3.27. The first kappa shape index (κ1) is 23.9. The molecule has 1 aromatic carbocycles. The van der Waals surface area contributed by atoms with Crippen LogP contribution in [0.1, 0.15) is 55.1 Å². The van der Waals surface area contributed by atoms with Gasteiger partial charge in [-0.25, -0.2) is 4.98 Å². The predicted octanol–water partition coefficient (Wildman–Crippen LogP) is 3.23. The molecule has 0 radical (unpaired) electrons. The summed E-state index contributed by atoms with van der Waals surface area (Å²) in [5.74, 6) is 0.237. The maximum absolute atomic E-state index is 12.3. The van der Waals surface area contributed by atoms with Gasteiger partial charge in [-0.2, -0.15) is 4.98 Å². The lowest BCUT2D eigenvalue weighted by atomic mass is 10.2. The van der Waals surface area contributed by atoms with Crippen LogP contribution >= 0.6 is 0 Å². The minimum absolute atomic E-state index is 0.143. The van der Waals surface area contributed by atoms with E-state index in [1.54, 1.807) is 0 Å². The summed E-state index contributed by atoms with van der Waals surface area (Å²) in [5.41, 5.74) is 8.06. The molecule has 1 amide bonds. The van der Waals surface area contributed by atoms with Crippen molar-refractivity contribution < 1.29 is 4.79 Å². The van der Waals surface area contributed by atoms with E-state index in [1.165, 1.54) is 18.5 Å². The highest BCUT2D eigenvalue weighted by Gasteiger charge is 2.22. The number of anilines is 4. The van der Waals surface area contributed by atoms with Gasteiger partial charge in [-0.15, -0.1) is 0 Å². The van der Waals surface area contributed by atoms with Gasteiger partial charge < -0.3 is 31.2 Å². The summed E-state index contributed by atoms with van der Waals surface area (Å²) < 4.78 is 0. The third-order valence-corrected chi connectivity index (χ3v) is 6.73. The second kappa shape index (κ2) is 11.3. The van der Waals surface area contributed by atoms with Gasteiger partial charge in [0.15, 0.2) is 0 Å². The quantitative estimate of drug-likeness (QED) is 0.539. The molecular formula is C25H36N8O. The molecule has 1 aromatic heterocycles. The number of benzene rings is 1. The minimum atomic E-state index is -0.648. The van der Waals surface area contributed by atoms with E-state index < -0.39 is 5.91 Å². The van der Waals surface area contributed by atoms with E-state index in [0.717, 1.165) is 77.0 Å². The molecule has 182 valence electrons. The topological polar surface area (TPSA) is 114 Å². The number of likely N-dealkylation sites (N-methyl/N-ethyl adjacent to an activating group) is 1. The lowest BCUT2D eigenvalue weighted by Crippen LogP contribution is -2.30. The molecule has 3 heterocycles. The van der Waals surface area contributed by atoms with E-state index >= 15 is 0 Å². The molecule has 2 aliphatic heterocycles. The number of carbonyl (C=O) groups is 1. The van der Waals surface area contributed by atoms with Gasteiger partial charge in [-0.3, -0.25) is 4.79 Å². The van der Waals surface area contributed by atoms with Crippen LogP contribution in [0.3, 0.4) is 0 Å². The van der Waals surface area contributed by atoms with E-state index in [1.807, 2.05) is 12.1 Å². The fraction of sp³-hybridized carbons (Fsp3) is 0.520. The largest absolute Gasteiger partial charge is 0.370 e. The number of carbonyl (C=O) groups excluding carboxylic acids is 1. The van der Waals surface area contributed by atoms with Crippen LogP contribution in [0.2, 0.25) is 0 Å². The van der Waals surface area contributed by atoms with Gasteiger partial charge in [-0.05, 0) is 56.6 Å². The van der Waals surface area contributed by atoms with Gasteiger partial charge in [0.1, 0.15) is 17.1 Å². The summed E-state index contributed by atoms with van der Waals surface area (Å²) in [5, 5.41) is 11.1. The standard InChI is InChI=1S/C25H36N8O/c1-2-31-12-7-15-32(17-16-31)20-10-8-19(9-11-20)28-24-22(23(27)34)21(18-26)29-25(30-24)33-13-5-3-4-6-14-33/h8-11,18,26H,2-7,12-17H2,1H3,(H2,27,34)(H,28,29,30). The first-order valence-corrected chi connectivity index (χ1v) is 12.4. The molecule has 0 spiro atoms. The Balaban J connectivity index is 1.57. The number of amides is 1. The second-order valence-electron chi connectivity index (χ2n) is 8.99. The summed E-state index contributed by atoms with van der Waals surface area (Å²) in [6.45, 7) is 9.32. The highest BCUT2D eigenvalue weighted by molar-refractivity contribution is 6.04. The van der Waals surface area contributed by atoms with E-state index in [9.17, 15) is 4.79 Å². The third kappa shape index (κ3) is 5.64. The molecule has 34 heavy (non-hydrogen) atoms. The fourth-order valence-corrected chi connectivity index (χ4v) is 4.75. The Kier molecular flexibility index (Phi) is 7.95. The van der Waals surface area contributed by atoms with Crippen molar-refractivity contribution in [1.29, 1.82) is 5.41 Å². The molecule has 0 bridgehead atoms. The smallest absolute Gasteiger partial charge is 0.254 e. The zero-order chi connectivity index (χ0) is 23.9. The van der Waals surface area contributed by atoms with Crippen molar-refractivity contribution in [2.45, 2.75) is 39.0 Å². The lowest BCUT2D eigenvalue weighted by molar-refractivity contribution is 0.100. The van der Waals surface area contributed by atoms with Crippen molar-refractivity contribution in [2.75, 3.05) is 60.9 Å². The molecule has 9 heteroatoms. The Morgan fingerprint density at radius 2 is 1.68 bits per heavy atom. The van der Waals surface area contributed by atoms with Crippen molar-refractivity contribution in [2.24, 2.45) is 5.73 Å². The first-order valence-electron chi connectivity index (χ1n) is 12.4. The summed E-state index contributed by atoms with van der Waals surface area (Å²) in [6.07, 6.45) is 6.78. The van der Waals surface area contributed by atoms with Gasteiger partial charge in [0.25, 0.3) is 5.91 Å². The van der Waals surface area contributed by atoms with Crippen molar-refractivity contribution in [3.63, 3.8) is 0 Å². The summed E-state index contributed by atoms with van der Waals surface area (Å²) in [6, 6.07) is 8.20. The predicted molar refractivity (Wildman–Crippen MR) is 138 cm³/mol. The van der Waals surface area contributed by atoms with Crippen LogP contribution in [0, 0.1) is 5.41 Å². The van der Waals surface area contributed by atoms with Crippen LogP contribution < -0.4 is 20.9 Å². The molecule has 0 aliphatic carbocycles. The van der Waals surface area contributed by atoms with Crippen LogP contribution in [0.4, 0.5) is 23.1 Å². The molecule has 2 aliphatic rings. The molecule has 4 rings (SSSR count). The Morgan fingerprint density at radius 3 is 2.32 bits per heavy atom. The number of primary amides is 1. The number of hydrogen-bond donors (Lipinski definition) is 3. The number of aromatic nitrogens is 2. The maximum Gasteiger partial charge on any atom is 0.254 e. The van der Waals surface area contributed by atoms with Gasteiger partial charge in [0.05, 0.1) is 0 Å². The summed E-state index contributed by atoms with van der Waals surface area (Å²) in [7, 11) is 0. The Labute approximate surface area is 201 Å². The summed E-state index contributed by atoms with van der Waals surface area (Å²) >= 11 is 0. The summed E-state index contributed by atoms with van der Waals surface area (Å²) in [4.78, 5) is 28.5. The van der Waals surface area contributed by atoms with E-state index in [2.05, 4.69) is 49.0 Å². The number of rotatable bonds is 7. The van der Waals surface area contributed by atoms with Crippen LogP contribution in [0.25, 0.3) is 0 Å². The molecule has 9 nitrogen and oxygen atoms in total. The van der Waals surface area contributed by atoms with Crippen molar-refractivity contribution >= 4 is 35.3 Å². The van der Waals surface area contributed by atoms with Crippen molar-refractivity contribution in [1.82, 2.24) is 14.9 Å². The molecule has 4 N–H and O–H groups in total. The highest BCUT2D eigenvalue weighted by atomic mass is 16.1. The van der Waals surface area contributed by atoms with Crippen LogP contribution in [-0.2, 0) is 0 Å². The molecular weight excluding hydrogens is 428 g/mol. The molecule has 2 fully saturated rings. The van der Waals surface area contributed by atoms with Gasteiger partial charge in [0, 0.05) is 50.3 Å². The van der Waals surface area contributed by atoms with Crippen LogP contribution in [-0.4, -0.2) is 72.8 Å². The molecule has 0 atom stereocenters. The normalized spacial score (nSPS) is 17.7. The lowest BCUT2D eigenvalue weighted by Gasteiger charge is -2.24. The zero-order valence-corrected chi connectivity index (χ0v) is 20.1. The zero-order valence-electron chi connectivity index (χ0n) is 20.1. The Morgan fingerprint density at radius 1 is 0.971 bits per heavy atom. The van der Waals surface area contributed by atoms with E-state index in [0.29, 0.717) is 11.8 Å². The van der Waals surface area contributed by atoms with E-state index in [4.69, 9.17) is 11.1 Å². The minimum Gasteiger partial charge on any atom is -0.370 e. The third-order valence-electron chi connectivity index (χ3n) is 6.73. The molecule has 2 aromatic rings. The number of nitrogens with one attached hydrogen (secondary N) is 2.